The first-order valence-corrected chi connectivity index (χ1v) is 14.4. The Bertz CT molecular complexity index is 1110. The zero-order chi connectivity index (χ0) is 27.3. The third-order valence-corrected chi connectivity index (χ3v) is 11.1. The monoisotopic (exact) mass is 524 g/mol. The quantitative estimate of drug-likeness (QED) is 0.360. The van der Waals surface area contributed by atoms with Crippen molar-refractivity contribution in [1.82, 2.24) is 0 Å². The predicted octanol–water partition coefficient (Wildman–Crippen LogP) is 6.94. The van der Waals surface area contributed by atoms with Crippen LogP contribution in [-0.2, 0) is 9.53 Å². The van der Waals surface area contributed by atoms with Gasteiger partial charge in [0.25, 0.3) is 0 Å². The van der Waals surface area contributed by atoms with E-state index in [1.165, 1.54) is 5.57 Å². The van der Waals surface area contributed by atoms with Crippen LogP contribution >= 0.6 is 0 Å². The van der Waals surface area contributed by atoms with Crippen molar-refractivity contribution in [2.24, 2.45) is 28.6 Å². The number of esters is 1. The molecule has 0 amide bonds. The number of hydrogen-bond donors (Lipinski definition) is 0. The number of methoxy groups -OCH3 is 3. The molecule has 0 aliphatic heterocycles. The van der Waals surface area contributed by atoms with Crippen LogP contribution < -0.4 is 14.2 Å². The first-order valence-electron chi connectivity index (χ1n) is 14.4. The molecule has 0 N–H and O–H groups in total. The van der Waals surface area contributed by atoms with Crippen LogP contribution in [0.2, 0.25) is 0 Å². The molecule has 0 bridgehead atoms. The SMILES string of the molecule is CCC[C@]1(OC(=O)c2cc(OC)c(OC)c(OC)c2)CC[C@H]2[C@@H]3CCC4=CC(=O)CC[C@]4(C)[C@H]3CC[C@@]21C. The van der Waals surface area contributed by atoms with Gasteiger partial charge >= 0.3 is 5.97 Å². The Labute approximate surface area is 227 Å². The molecule has 4 aliphatic rings. The van der Waals surface area contributed by atoms with E-state index in [9.17, 15) is 9.59 Å². The van der Waals surface area contributed by atoms with Gasteiger partial charge < -0.3 is 18.9 Å². The van der Waals surface area contributed by atoms with Crippen LogP contribution in [0.3, 0.4) is 0 Å². The van der Waals surface area contributed by atoms with E-state index in [2.05, 4.69) is 20.8 Å². The van der Waals surface area contributed by atoms with Crippen LogP contribution in [0.1, 0.15) is 95.3 Å². The lowest BCUT2D eigenvalue weighted by molar-refractivity contribution is -0.137. The third kappa shape index (κ3) is 3.96. The van der Waals surface area contributed by atoms with Crippen LogP contribution in [-0.4, -0.2) is 38.7 Å². The minimum absolute atomic E-state index is 0.0669. The number of benzene rings is 1. The molecule has 6 atom stereocenters. The summed E-state index contributed by atoms with van der Waals surface area (Å²) in [6.45, 7) is 7.01. The van der Waals surface area contributed by atoms with Gasteiger partial charge in [0.15, 0.2) is 17.3 Å². The summed E-state index contributed by atoms with van der Waals surface area (Å²) in [6.07, 6.45) is 11.8. The van der Waals surface area contributed by atoms with Gasteiger partial charge in [0, 0.05) is 11.8 Å². The Morgan fingerprint density at radius 2 is 1.61 bits per heavy atom. The van der Waals surface area contributed by atoms with Crippen LogP contribution in [0.25, 0.3) is 0 Å². The van der Waals surface area contributed by atoms with Gasteiger partial charge in [-0.25, -0.2) is 4.79 Å². The summed E-state index contributed by atoms with van der Waals surface area (Å²) in [6, 6.07) is 3.38. The van der Waals surface area contributed by atoms with Gasteiger partial charge in [-0.1, -0.05) is 32.8 Å². The lowest BCUT2D eigenvalue weighted by atomic mass is 9.46. The Kier molecular flexibility index (Phi) is 7.06. The summed E-state index contributed by atoms with van der Waals surface area (Å²) in [5.41, 5.74) is 1.39. The fraction of sp³-hybridized carbons (Fsp3) is 0.688. The highest BCUT2D eigenvalue weighted by atomic mass is 16.6. The smallest absolute Gasteiger partial charge is 0.338 e. The van der Waals surface area contributed by atoms with Crippen LogP contribution in [0.5, 0.6) is 17.2 Å². The summed E-state index contributed by atoms with van der Waals surface area (Å²) < 4.78 is 23.1. The largest absolute Gasteiger partial charge is 0.493 e. The molecule has 0 saturated heterocycles. The highest BCUT2D eigenvalue weighted by Crippen LogP contribution is 2.69. The third-order valence-electron chi connectivity index (χ3n) is 11.1. The molecule has 0 unspecified atom stereocenters. The number of carbonyl (C=O) groups excluding carboxylic acids is 2. The molecule has 1 aromatic rings. The molecule has 5 rings (SSSR count). The highest BCUT2D eigenvalue weighted by molar-refractivity contribution is 5.92. The Balaban J connectivity index is 1.45. The molecular formula is C32H44O6. The van der Waals surface area contributed by atoms with Crippen molar-refractivity contribution in [3.63, 3.8) is 0 Å². The molecule has 3 fully saturated rings. The molecular weight excluding hydrogens is 480 g/mol. The minimum atomic E-state index is -0.492. The molecule has 6 nitrogen and oxygen atoms in total. The molecule has 6 heteroatoms. The number of fused-ring (bicyclic) bond motifs is 5. The van der Waals surface area contributed by atoms with Crippen molar-refractivity contribution in [1.29, 1.82) is 0 Å². The van der Waals surface area contributed by atoms with Gasteiger partial charge in [0.2, 0.25) is 5.75 Å². The van der Waals surface area contributed by atoms with Crippen molar-refractivity contribution in [3.05, 3.63) is 29.3 Å². The second-order valence-corrected chi connectivity index (χ2v) is 12.5. The van der Waals surface area contributed by atoms with Crippen molar-refractivity contribution in [2.75, 3.05) is 21.3 Å². The van der Waals surface area contributed by atoms with Crippen molar-refractivity contribution >= 4 is 11.8 Å². The number of carbonyl (C=O) groups is 2. The maximum absolute atomic E-state index is 13.8. The Morgan fingerprint density at radius 1 is 0.921 bits per heavy atom. The number of ether oxygens (including phenoxy) is 4. The Morgan fingerprint density at radius 3 is 2.24 bits per heavy atom. The standard InChI is InChI=1S/C32H44O6/c1-7-13-32(38-29(34)20-17-26(35-4)28(37-6)27(18-20)36-5)16-12-25-23-9-8-21-19-22(33)10-14-30(21,2)24(23)11-15-31(25,32)3/h17-19,23-25H,7-16H2,1-6H3/t23-,24+,25+,30+,31+,32+/m1/s1. The first kappa shape index (κ1) is 27.1. The number of hydrogen-bond acceptors (Lipinski definition) is 6. The zero-order valence-electron chi connectivity index (χ0n) is 24.0. The van der Waals surface area contributed by atoms with Gasteiger partial charge in [-0.15, -0.1) is 0 Å². The topological polar surface area (TPSA) is 71.1 Å². The lowest BCUT2D eigenvalue weighted by Crippen LogP contribution is -2.56. The highest BCUT2D eigenvalue weighted by Gasteiger charge is 2.65. The van der Waals surface area contributed by atoms with Gasteiger partial charge in [-0.05, 0) is 92.7 Å². The van der Waals surface area contributed by atoms with Crippen LogP contribution in [0.4, 0.5) is 0 Å². The molecule has 208 valence electrons. The molecule has 0 radical (unpaired) electrons. The maximum Gasteiger partial charge on any atom is 0.338 e. The van der Waals surface area contributed by atoms with Gasteiger partial charge in [-0.3, -0.25) is 4.79 Å². The summed E-state index contributed by atoms with van der Waals surface area (Å²) in [5.74, 6) is 3.08. The van der Waals surface area contributed by atoms with E-state index in [1.54, 1.807) is 33.5 Å². The van der Waals surface area contributed by atoms with E-state index >= 15 is 0 Å². The fourth-order valence-electron chi connectivity index (χ4n) is 9.12. The molecule has 1 aromatic carbocycles. The predicted molar refractivity (Wildman–Crippen MR) is 146 cm³/mol. The van der Waals surface area contributed by atoms with Gasteiger partial charge in [0.05, 0.1) is 26.9 Å². The average Bonchev–Trinajstić information content (AvgIpc) is 3.19. The maximum atomic E-state index is 13.8. The average molecular weight is 525 g/mol. The lowest BCUT2D eigenvalue weighted by Gasteiger charge is -2.59. The van der Waals surface area contributed by atoms with Gasteiger partial charge in [-0.2, -0.15) is 0 Å². The second-order valence-electron chi connectivity index (χ2n) is 12.5. The molecule has 0 heterocycles. The summed E-state index contributed by atoms with van der Waals surface area (Å²) in [4.78, 5) is 26.0. The fourth-order valence-corrected chi connectivity index (χ4v) is 9.12. The summed E-state index contributed by atoms with van der Waals surface area (Å²) >= 11 is 0. The summed E-state index contributed by atoms with van der Waals surface area (Å²) in [5, 5.41) is 0. The van der Waals surface area contributed by atoms with E-state index in [0.29, 0.717) is 52.8 Å². The van der Waals surface area contributed by atoms with E-state index in [1.807, 2.05) is 6.08 Å². The van der Waals surface area contributed by atoms with E-state index in [-0.39, 0.29) is 16.8 Å². The minimum Gasteiger partial charge on any atom is -0.493 e. The normalized spacial score (nSPS) is 35.9. The molecule has 38 heavy (non-hydrogen) atoms. The molecule has 0 spiro atoms. The van der Waals surface area contributed by atoms with Crippen LogP contribution in [0.15, 0.2) is 23.8 Å². The number of ketones is 1. The van der Waals surface area contributed by atoms with E-state index in [0.717, 1.165) is 57.8 Å². The van der Waals surface area contributed by atoms with Crippen molar-refractivity contribution in [2.45, 2.75) is 90.6 Å². The van der Waals surface area contributed by atoms with Gasteiger partial charge in [0.1, 0.15) is 5.60 Å². The van der Waals surface area contributed by atoms with Crippen LogP contribution in [0, 0.1) is 28.6 Å². The Hall–Kier alpha value is -2.50. The van der Waals surface area contributed by atoms with E-state index < -0.39 is 5.60 Å². The first-order chi connectivity index (χ1) is 18.2. The molecule has 4 aliphatic carbocycles. The zero-order valence-corrected chi connectivity index (χ0v) is 24.0. The second kappa shape index (κ2) is 9.91. The van der Waals surface area contributed by atoms with E-state index in [4.69, 9.17) is 18.9 Å². The molecule has 3 saturated carbocycles. The van der Waals surface area contributed by atoms with Crippen molar-refractivity contribution < 1.29 is 28.5 Å². The summed E-state index contributed by atoms with van der Waals surface area (Å²) in [7, 11) is 4.67. The number of rotatable bonds is 7. The number of allylic oxidation sites excluding steroid dienone is 1. The molecule has 0 aromatic heterocycles. The van der Waals surface area contributed by atoms with Crippen molar-refractivity contribution in [3.8, 4) is 17.2 Å².